The molecule has 0 saturated heterocycles. The van der Waals surface area contributed by atoms with Crippen molar-refractivity contribution in [2.45, 2.75) is 65.0 Å². The Morgan fingerprint density at radius 3 is 2.27 bits per heavy atom. The van der Waals surface area contributed by atoms with Crippen molar-refractivity contribution in [3.05, 3.63) is 30.7 Å². The van der Waals surface area contributed by atoms with Crippen molar-refractivity contribution in [3.63, 3.8) is 0 Å². The summed E-state index contributed by atoms with van der Waals surface area (Å²) in [6.45, 7) is 5.96. The molecule has 30 heavy (non-hydrogen) atoms. The highest BCUT2D eigenvalue weighted by Crippen LogP contribution is 2.18. The lowest BCUT2D eigenvalue weighted by atomic mass is 10.2. The van der Waals surface area contributed by atoms with Gasteiger partial charge in [-0.15, -0.1) is 0 Å². The van der Waals surface area contributed by atoms with Crippen LogP contribution in [0.25, 0.3) is 11.5 Å². The molecule has 0 radical (unpaired) electrons. The van der Waals surface area contributed by atoms with Gasteiger partial charge in [0.2, 0.25) is 0 Å². The Morgan fingerprint density at radius 2 is 1.57 bits per heavy atom. The quantitative estimate of drug-likeness (QED) is 0.338. The van der Waals surface area contributed by atoms with Crippen molar-refractivity contribution in [2.75, 3.05) is 26.4 Å². The molecule has 0 saturated carbocycles. The van der Waals surface area contributed by atoms with Crippen LogP contribution in [0.15, 0.2) is 30.7 Å². The van der Waals surface area contributed by atoms with Gasteiger partial charge in [0.15, 0.2) is 11.6 Å². The molecule has 0 N–H and O–H groups in total. The summed E-state index contributed by atoms with van der Waals surface area (Å²) >= 11 is 0. The van der Waals surface area contributed by atoms with E-state index in [0.29, 0.717) is 49.3 Å². The third-order valence-corrected chi connectivity index (χ3v) is 4.46. The summed E-state index contributed by atoms with van der Waals surface area (Å²) in [6, 6.07) is 3.50. The van der Waals surface area contributed by atoms with Gasteiger partial charge in [-0.05, 0) is 25.0 Å². The van der Waals surface area contributed by atoms with Gasteiger partial charge in [0.25, 0.3) is 0 Å². The number of unbranched alkanes of at least 4 members (excludes halogenated alkanes) is 4. The summed E-state index contributed by atoms with van der Waals surface area (Å²) in [5.41, 5.74) is 0.623. The number of nitrogens with zero attached hydrogens (tertiary/aromatic N) is 3. The molecular weight excluding hydrogens is 385 g/mol. The van der Waals surface area contributed by atoms with Gasteiger partial charge in [0.1, 0.15) is 24.2 Å². The van der Waals surface area contributed by atoms with E-state index in [0.717, 1.165) is 12.8 Å². The smallest absolute Gasteiger partial charge is 0.178 e. The van der Waals surface area contributed by atoms with Crippen molar-refractivity contribution in [1.82, 2.24) is 15.0 Å². The highest BCUT2D eigenvalue weighted by molar-refractivity contribution is 5.49. The first kappa shape index (κ1) is 24.0. The van der Waals surface area contributed by atoms with E-state index in [1.807, 2.05) is 6.92 Å². The molecule has 0 bridgehead atoms. The van der Waals surface area contributed by atoms with Gasteiger partial charge < -0.3 is 14.2 Å². The first-order valence-electron chi connectivity index (χ1n) is 11.0. The molecule has 0 aliphatic carbocycles. The van der Waals surface area contributed by atoms with E-state index in [9.17, 15) is 4.39 Å². The minimum Gasteiger partial charge on any atom is -0.490 e. The number of ether oxygens (including phenoxy) is 3. The number of hydrogen-bond acceptors (Lipinski definition) is 6. The molecule has 0 spiro atoms. The van der Waals surface area contributed by atoms with Gasteiger partial charge in [0, 0.05) is 19.6 Å². The van der Waals surface area contributed by atoms with E-state index in [2.05, 4.69) is 21.9 Å². The number of alkyl halides is 1. The zero-order valence-corrected chi connectivity index (χ0v) is 18.2. The van der Waals surface area contributed by atoms with E-state index >= 15 is 0 Å². The van der Waals surface area contributed by atoms with E-state index in [1.165, 1.54) is 25.7 Å². The van der Waals surface area contributed by atoms with Crippen LogP contribution >= 0.6 is 0 Å². The molecule has 2 rings (SSSR count). The van der Waals surface area contributed by atoms with Crippen LogP contribution in [0.3, 0.4) is 0 Å². The first-order valence-corrected chi connectivity index (χ1v) is 11.0. The van der Waals surface area contributed by atoms with Crippen molar-refractivity contribution in [1.29, 1.82) is 0 Å². The maximum atomic E-state index is 13.8. The number of rotatable bonds is 16. The Labute approximate surface area is 179 Å². The second-order valence-electron chi connectivity index (χ2n) is 7.19. The Balaban J connectivity index is 1.72. The van der Waals surface area contributed by atoms with Crippen LogP contribution in [0, 0.1) is 0 Å². The molecule has 7 heteroatoms. The fraction of sp³-hybridized carbons (Fsp3) is 0.609. The minimum atomic E-state index is -1.07. The van der Waals surface area contributed by atoms with Gasteiger partial charge in [0.05, 0.1) is 25.2 Å². The van der Waals surface area contributed by atoms with E-state index < -0.39 is 6.17 Å². The highest BCUT2D eigenvalue weighted by Gasteiger charge is 2.09. The lowest BCUT2D eigenvalue weighted by Crippen LogP contribution is -2.15. The zero-order valence-electron chi connectivity index (χ0n) is 18.2. The number of pyridine rings is 1. The van der Waals surface area contributed by atoms with Gasteiger partial charge in [-0.2, -0.15) is 0 Å². The second kappa shape index (κ2) is 14.7. The molecule has 2 aromatic rings. The molecule has 6 nitrogen and oxygen atoms in total. The van der Waals surface area contributed by atoms with Crippen LogP contribution in [-0.2, 0) is 4.74 Å². The van der Waals surface area contributed by atoms with Gasteiger partial charge in [-0.25, -0.2) is 19.3 Å². The van der Waals surface area contributed by atoms with Crippen LogP contribution < -0.4 is 9.47 Å². The molecule has 2 aromatic heterocycles. The molecule has 0 fully saturated rings. The fourth-order valence-electron chi connectivity index (χ4n) is 2.74. The first-order chi connectivity index (χ1) is 14.7. The Hall–Kier alpha value is -2.28. The van der Waals surface area contributed by atoms with Gasteiger partial charge in [-0.3, -0.25) is 0 Å². The zero-order chi connectivity index (χ0) is 21.4. The lowest BCUT2D eigenvalue weighted by molar-refractivity contribution is 0.0964. The average molecular weight is 420 g/mol. The SMILES string of the molecule is CCCCCCCOc1cnc(-c2ccc(OCC(F)CCOCCC)cn2)nc1. The van der Waals surface area contributed by atoms with Crippen molar-refractivity contribution in [3.8, 4) is 23.0 Å². The second-order valence-corrected chi connectivity index (χ2v) is 7.19. The number of halogens is 1. The van der Waals surface area contributed by atoms with Crippen LogP contribution in [0.1, 0.15) is 58.8 Å². The van der Waals surface area contributed by atoms with E-state index in [4.69, 9.17) is 14.2 Å². The Kier molecular flexibility index (Phi) is 11.7. The largest absolute Gasteiger partial charge is 0.490 e. The predicted octanol–water partition coefficient (Wildman–Crippen LogP) is 5.42. The minimum absolute atomic E-state index is 0.0164. The summed E-state index contributed by atoms with van der Waals surface area (Å²) < 4.78 is 30.2. The Bertz CT molecular complexity index is 683. The molecule has 1 atom stereocenters. The fourth-order valence-corrected chi connectivity index (χ4v) is 2.74. The lowest BCUT2D eigenvalue weighted by Gasteiger charge is -2.11. The van der Waals surface area contributed by atoms with Crippen LogP contribution in [0.2, 0.25) is 0 Å². The maximum absolute atomic E-state index is 13.8. The molecule has 1 unspecified atom stereocenters. The van der Waals surface area contributed by atoms with Gasteiger partial charge in [-0.1, -0.05) is 39.5 Å². The third-order valence-electron chi connectivity index (χ3n) is 4.46. The topological polar surface area (TPSA) is 66.4 Å². The Morgan fingerprint density at radius 1 is 0.800 bits per heavy atom. The molecule has 2 heterocycles. The maximum Gasteiger partial charge on any atom is 0.178 e. The summed E-state index contributed by atoms with van der Waals surface area (Å²) in [4.78, 5) is 12.9. The standard InChI is InChI=1S/C23H34FN3O3/c1-3-5-6-7-8-13-29-21-16-26-23(27-17-21)22-10-9-20(15-25-22)30-18-19(24)11-14-28-12-4-2/h9-10,15-17,19H,3-8,11-14,18H2,1-2H3. The molecule has 166 valence electrons. The van der Waals surface area contributed by atoms with Gasteiger partial charge >= 0.3 is 0 Å². The van der Waals surface area contributed by atoms with Crippen molar-refractivity contribution < 1.29 is 18.6 Å². The van der Waals surface area contributed by atoms with Crippen LogP contribution in [0.4, 0.5) is 4.39 Å². The average Bonchev–Trinajstić information content (AvgIpc) is 2.78. The summed E-state index contributed by atoms with van der Waals surface area (Å²) in [5, 5.41) is 0. The monoisotopic (exact) mass is 419 g/mol. The van der Waals surface area contributed by atoms with Crippen LogP contribution in [-0.4, -0.2) is 47.6 Å². The molecule has 0 aliphatic heterocycles. The van der Waals surface area contributed by atoms with Crippen molar-refractivity contribution in [2.24, 2.45) is 0 Å². The third kappa shape index (κ3) is 9.48. The number of hydrogen-bond donors (Lipinski definition) is 0. The summed E-state index contributed by atoms with van der Waals surface area (Å²) in [6.07, 6.45) is 11.1. The molecule has 0 amide bonds. The number of aromatic nitrogens is 3. The molecular formula is C23H34FN3O3. The summed E-state index contributed by atoms with van der Waals surface area (Å²) in [7, 11) is 0. The van der Waals surface area contributed by atoms with E-state index in [-0.39, 0.29) is 6.61 Å². The van der Waals surface area contributed by atoms with Crippen LogP contribution in [0.5, 0.6) is 11.5 Å². The normalized spacial score (nSPS) is 12.0. The highest BCUT2D eigenvalue weighted by atomic mass is 19.1. The van der Waals surface area contributed by atoms with E-state index in [1.54, 1.807) is 30.7 Å². The molecule has 0 aromatic carbocycles. The molecule has 0 aliphatic rings. The summed E-state index contributed by atoms with van der Waals surface area (Å²) in [5.74, 6) is 1.68. The predicted molar refractivity (Wildman–Crippen MR) is 116 cm³/mol. The van der Waals surface area contributed by atoms with Crippen molar-refractivity contribution >= 4 is 0 Å².